The SMILES string of the molecule is CCc1ccc(C(C)NC(C)CNC(=O)OC(C)(C)C)cc1. The molecule has 0 radical (unpaired) electrons. The molecule has 1 aromatic carbocycles. The summed E-state index contributed by atoms with van der Waals surface area (Å²) in [6.45, 7) is 12.4. The summed E-state index contributed by atoms with van der Waals surface area (Å²) in [4.78, 5) is 11.6. The van der Waals surface area contributed by atoms with E-state index < -0.39 is 5.60 Å². The van der Waals surface area contributed by atoms with Crippen molar-refractivity contribution in [2.75, 3.05) is 6.54 Å². The highest BCUT2D eigenvalue weighted by atomic mass is 16.6. The van der Waals surface area contributed by atoms with Crippen molar-refractivity contribution in [2.45, 2.75) is 65.6 Å². The summed E-state index contributed by atoms with van der Waals surface area (Å²) >= 11 is 0. The Labute approximate surface area is 134 Å². The molecule has 0 spiro atoms. The summed E-state index contributed by atoms with van der Waals surface area (Å²) in [5.41, 5.74) is 2.13. The summed E-state index contributed by atoms with van der Waals surface area (Å²) < 4.78 is 5.23. The van der Waals surface area contributed by atoms with Crippen LogP contribution >= 0.6 is 0 Å². The van der Waals surface area contributed by atoms with Crippen molar-refractivity contribution in [3.63, 3.8) is 0 Å². The zero-order chi connectivity index (χ0) is 16.8. The third-order valence-electron chi connectivity index (χ3n) is 3.37. The topological polar surface area (TPSA) is 50.4 Å². The normalized spacial score (nSPS) is 14.3. The van der Waals surface area contributed by atoms with Crippen LogP contribution in [0.1, 0.15) is 58.7 Å². The molecule has 0 saturated carbocycles. The minimum absolute atomic E-state index is 0.161. The maximum Gasteiger partial charge on any atom is 0.407 e. The number of carbonyl (C=O) groups excluding carboxylic acids is 1. The van der Waals surface area contributed by atoms with Crippen LogP contribution < -0.4 is 10.6 Å². The lowest BCUT2D eigenvalue weighted by Gasteiger charge is -2.23. The first kappa shape index (κ1) is 18.5. The van der Waals surface area contributed by atoms with Crippen LogP contribution in [0.5, 0.6) is 0 Å². The second kappa shape index (κ2) is 8.18. The Morgan fingerprint density at radius 2 is 1.77 bits per heavy atom. The van der Waals surface area contributed by atoms with Gasteiger partial charge in [-0.25, -0.2) is 4.79 Å². The second-order valence-corrected chi connectivity index (χ2v) is 6.77. The predicted molar refractivity (Wildman–Crippen MR) is 91.1 cm³/mol. The van der Waals surface area contributed by atoms with E-state index >= 15 is 0 Å². The Morgan fingerprint density at radius 1 is 1.18 bits per heavy atom. The molecule has 2 atom stereocenters. The predicted octanol–water partition coefficient (Wildman–Crippen LogP) is 3.81. The molecule has 2 unspecified atom stereocenters. The molecule has 0 aliphatic rings. The third kappa shape index (κ3) is 6.94. The number of hydrogen-bond acceptors (Lipinski definition) is 3. The molecule has 1 aromatic rings. The zero-order valence-corrected chi connectivity index (χ0v) is 14.7. The van der Waals surface area contributed by atoms with Gasteiger partial charge in [-0.1, -0.05) is 31.2 Å². The summed E-state index contributed by atoms with van der Waals surface area (Å²) in [5.74, 6) is 0. The van der Waals surface area contributed by atoms with Gasteiger partial charge in [-0.15, -0.1) is 0 Å². The highest BCUT2D eigenvalue weighted by Gasteiger charge is 2.17. The fraction of sp³-hybridized carbons (Fsp3) is 0.611. The van der Waals surface area contributed by atoms with Crippen molar-refractivity contribution in [1.82, 2.24) is 10.6 Å². The van der Waals surface area contributed by atoms with Crippen molar-refractivity contribution in [1.29, 1.82) is 0 Å². The molecule has 2 N–H and O–H groups in total. The van der Waals surface area contributed by atoms with Crippen LogP contribution in [0.25, 0.3) is 0 Å². The Balaban J connectivity index is 2.40. The number of alkyl carbamates (subject to hydrolysis) is 1. The molecule has 124 valence electrons. The van der Waals surface area contributed by atoms with Gasteiger partial charge in [0.25, 0.3) is 0 Å². The molecule has 0 aromatic heterocycles. The first-order valence-electron chi connectivity index (χ1n) is 8.03. The molecule has 0 aliphatic heterocycles. The molecule has 4 heteroatoms. The van der Waals surface area contributed by atoms with E-state index in [1.165, 1.54) is 11.1 Å². The first-order valence-corrected chi connectivity index (χ1v) is 8.03. The van der Waals surface area contributed by atoms with E-state index in [0.717, 1.165) is 6.42 Å². The smallest absolute Gasteiger partial charge is 0.407 e. The van der Waals surface area contributed by atoms with Gasteiger partial charge >= 0.3 is 6.09 Å². The number of ether oxygens (including phenoxy) is 1. The second-order valence-electron chi connectivity index (χ2n) is 6.77. The standard InChI is InChI=1S/C18H30N2O2/c1-7-15-8-10-16(11-9-15)14(3)20-13(2)12-19-17(21)22-18(4,5)6/h8-11,13-14,20H,7,12H2,1-6H3,(H,19,21). The maximum absolute atomic E-state index is 11.6. The Morgan fingerprint density at radius 3 is 2.27 bits per heavy atom. The summed E-state index contributed by atoms with van der Waals surface area (Å²) in [6.07, 6.45) is 0.680. The number of hydrogen-bond donors (Lipinski definition) is 2. The number of amides is 1. The van der Waals surface area contributed by atoms with Gasteiger partial charge < -0.3 is 15.4 Å². The molecular formula is C18H30N2O2. The van der Waals surface area contributed by atoms with Crippen LogP contribution in [0.4, 0.5) is 4.79 Å². The van der Waals surface area contributed by atoms with Crippen LogP contribution in [0.2, 0.25) is 0 Å². The number of nitrogens with one attached hydrogen (secondary N) is 2. The van der Waals surface area contributed by atoms with E-state index in [9.17, 15) is 4.79 Å². The fourth-order valence-corrected chi connectivity index (χ4v) is 2.17. The molecule has 0 fully saturated rings. The molecule has 0 bridgehead atoms. The van der Waals surface area contributed by atoms with Crippen LogP contribution in [0.3, 0.4) is 0 Å². The average Bonchev–Trinajstić information content (AvgIpc) is 2.43. The number of aryl methyl sites for hydroxylation is 1. The quantitative estimate of drug-likeness (QED) is 0.840. The molecule has 0 heterocycles. The van der Waals surface area contributed by atoms with Crippen molar-refractivity contribution < 1.29 is 9.53 Å². The first-order chi connectivity index (χ1) is 10.2. The number of benzene rings is 1. The number of rotatable bonds is 6. The van der Waals surface area contributed by atoms with E-state index in [2.05, 4.69) is 48.7 Å². The Kier molecular flexibility index (Phi) is 6.88. The van der Waals surface area contributed by atoms with E-state index in [-0.39, 0.29) is 18.2 Å². The van der Waals surface area contributed by atoms with Gasteiger partial charge in [0.2, 0.25) is 0 Å². The van der Waals surface area contributed by atoms with Crippen molar-refractivity contribution >= 4 is 6.09 Å². The Bertz CT molecular complexity index is 463. The van der Waals surface area contributed by atoms with E-state index in [1.807, 2.05) is 27.7 Å². The van der Waals surface area contributed by atoms with E-state index in [4.69, 9.17) is 4.74 Å². The van der Waals surface area contributed by atoms with Gasteiger partial charge in [-0.3, -0.25) is 0 Å². The van der Waals surface area contributed by atoms with Gasteiger partial charge in [-0.05, 0) is 52.2 Å². The van der Waals surface area contributed by atoms with Gasteiger partial charge in [0, 0.05) is 18.6 Å². The van der Waals surface area contributed by atoms with Crippen molar-refractivity contribution in [3.8, 4) is 0 Å². The van der Waals surface area contributed by atoms with Gasteiger partial charge in [0.05, 0.1) is 0 Å². The fourth-order valence-electron chi connectivity index (χ4n) is 2.17. The van der Waals surface area contributed by atoms with Gasteiger partial charge in [0.15, 0.2) is 0 Å². The lowest BCUT2D eigenvalue weighted by molar-refractivity contribution is 0.0522. The minimum atomic E-state index is -0.463. The highest BCUT2D eigenvalue weighted by Crippen LogP contribution is 2.14. The lowest BCUT2D eigenvalue weighted by atomic mass is 10.0. The van der Waals surface area contributed by atoms with Crippen LogP contribution in [0, 0.1) is 0 Å². The maximum atomic E-state index is 11.6. The zero-order valence-electron chi connectivity index (χ0n) is 14.7. The summed E-state index contributed by atoms with van der Waals surface area (Å²) in [6, 6.07) is 9.04. The lowest BCUT2D eigenvalue weighted by Crippen LogP contribution is -2.41. The van der Waals surface area contributed by atoms with Crippen LogP contribution in [0.15, 0.2) is 24.3 Å². The molecule has 0 saturated heterocycles. The van der Waals surface area contributed by atoms with Crippen molar-refractivity contribution in [3.05, 3.63) is 35.4 Å². The van der Waals surface area contributed by atoms with Crippen LogP contribution in [-0.4, -0.2) is 24.3 Å². The molecule has 1 amide bonds. The van der Waals surface area contributed by atoms with E-state index in [1.54, 1.807) is 0 Å². The summed E-state index contributed by atoms with van der Waals surface area (Å²) in [7, 11) is 0. The molecule has 1 rings (SSSR count). The number of carbonyl (C=O) groups is 1. The third-order valence-corrected chi connectivity index (χ3v) is 3.37. The largest absolute Gasteiger partial charge is 0.444 e. The van der Waals surface area contributed by atoms with Gasteiger partial charge in [-0.2, -0.15) is 0 Å². The average molecular weight is 306 g/mol. The van der Waals surface area contributed by atoms with Crippen LogP contribution in [-0.2, 0) is 11.2 Å². The van der Waals surface area contributed by atoms with Crippen molar-refractivity contribution in [2.24, 2.45) is 0 Å². The highest BCUT2D eigenvalue weighted by molar-refractivity contribution is 5.67. The monoisotopic (exact) mass is 306 g/mol. The molecule has 4 nitrogen and oxygen atoms in total. The minimum Gasteiger partial charge on any atom is -0.444 e. The molecule has 22 heavy (non-hydrogen) atoms. The molecule has 0 aliphatic carbocycles. The molecular weight excluding hydrogens is 276 g/mol. The van der Waals surface area contributed by atoms with E-state index in [0.29, 0.717) is 6.54 Å². The Hall–Kier alpha value is -1.55. The summed E-state index contributed by atoms with van der Waals surface area (Å²) in [5, 5.41) is 6.27. The van der Waals surface area contributed by atoms with Gasteiger partial charge in [0.1, 0.15) is 5.60 Å².